The molecule has 9 heteroatoms. The first-order valence-electron chi connectivity index (χ1n) is 9.67. The molecule has 164 valence electrons. The number of carbonyl (C=O) groups is 2. The highest BCUT2D eigenvalue weighted by molar-refractivity contribution is 6.30. The maximum absolute atomic E-state index is 14.0. The number of hydrogen-bond acceptors (Lipinski definition) is 4. The maximum atomic E-state index is 14.0. The number of urea groups is 1. The Morgan fingerprint density at radius 1 is 1.19 bits per heavy atom. The maximum Gasteiger partial charge on any atom is 0.338 e. The van der Waals surface area contributed by atoms with Crippen molar-refractivity contribution in [3.63, 3.8) is 0 Å². The molecular formula is C22H21ClF2N2O4. The highest BCUT2D eigenvalue weighted by atomic mass is 35.5. The van der Waals surface area contributed by atoms with E-state index in [0.29, 0.717) is 16.7 Å². The van der Waals surface area contributed by atoms with Crippen molar-refractivity contribution in [1.29, 1.82) is 0 Å². The molecule has 0 bridgehead atoms. The van der Waals surface area contributed by atoms with Crippen LogP contribution in [0.3, 0.4) is 0 Å². The van der Waals surface area contributed by atoms with E-state index in [-0.39, 0.29) is 36.8 Å². The van der Waals surface area contributed by atoms with Crippen LogP contribution in [0.25, 0.3) is 0 Å². The molecule has 6 nitrogen and oxygen atoms in total. The molecule has 0 saturated heterocycles. The van der Waals surface area contributed by atoms with Crippen molar-refractivity contribution in [1.82, 2.24) is 10.2 Å². The summed E-state index contributed by atoms with van der Waals surface area (Å²) in [6.07, 6.45) is 0. The third kappa shape index (κ3) is 4.96. The van der Waals surface area contributed by atoms with Crippen LogP contribution >= 0.6 is 11.6 Å². The third-order valence-corrected chi connectivity index (χ3v) is 4.93. The molecule has 1 atom stereocenters. The Labute approximate surface area is 183 Å². The zero-order valence-corrected chi connectivity index (χ0v) is 17.7. The van der Waals surface area contributed by atoms with E-state index in [9.17, 15) is 18.4 Å². The lowest BCUT2D eigenvalue weighted by Gasteiger charge is -2.36. The minimum absolute atomic E-state index is 0.116. The molecule has 0 aromatic heterocycles. The fourth-order valence-electron chi connectivity index (χ4n) is 3.32. The van der Waals surface area contributed by atoms with Crippen LogP contribution in [0.4, 0.5) is 13.6 Å². The van der Waals surface area contributed by atoms with Gasteiger partial charge in [0.25, 0.3) is 0 Å². The molecule has 0 aliphatic carbocycles. The highest BCUT2D eigenvalue weighted by Crippen LogP contribution is 2.33. The van der Waals surface area contributed by atoms with E-state index >= 15 is 0 Å². The molecule has 31 heavy (non-hydrogen) atoms. The number of amides is 2. The fraction of sp³-hybridized carbons (Fsp3) is 0.273. The van der Waals surface area contributed by atoms with Crippen LogP contribution in [0.5, 0.6) is 5.75 Å². The Bertz CT molecular complexity index is 1030. The number of nitrogens with zero attached hydrogens (tertiary/aromatic N) is 1. The number of carbonyl (C=O) groups excluding carboxylic acids is 2. The number of likely N-dealkylation sites (N-methyl/N-ethyl adjacent to an activating group) is 1. The van der Waals surface area contributed by atoms with Gasteiger partial charge in [-0.2, -0.15) is 0 Å². The van der Waals surface area contributed by atoms with Crippen molar-refractivity contribution in [2.75, 3.05) is 19.8 Å². The van der Waals surface area contributed by atoms with Gasteiger partial charge in [-0.1, -0.05) is 23.7 Å². The van der Waals surface area contributed by atoms with E-state index in [1.165, 1.54) is 4.90 Å². The second kappa shape index (κ2) is 9.78. The van der Waals surface area contributed by atoms with Crippen LogP contribution in [0.2, 0.25) is 5.02 Å². The van der Waals surface area contributed by atoms with Gasteiger partial charge < -0.3 is 14.8 Å². The Morgan fingerprint density at radius 3 is 2.61 bits per heavy atom. The number of esters is 1. The Balaban J connectivity index is 2.08. The molecule has 2 aromatic carbocycles. The van der Waals surface area contributed by atoms with Crippen LogP contribution in [-0.2, 0) is 9.53 Å². The zero-order valence-electron chi connectivity index (χ0n) is 17.0. The minimum atomic E-state index is -0.895. The second-order valence-corrected chi connectivity index (χ2v) is 7.06. The summed E-state index contributed by atoms with van der Waals surface area (Å²) >= 11 is 6.10. The standard InChI is InChI=1S/C22H21ClF2N2O4/c1-3-27-17(12-31-18-9-8-15(24)11-16(18)25)19(21(28)30-4-2)20(26-22(27)29)13-6-5-7-14(23)10-13/h5-11,20H,3-4,12H2,1-2H3,(H,26,29). The average Bonchev–Trinajstić information content (AvgIpc) is 2.72. The quantitative estimate of drug-likeness (QED) is 0.626. The van der Waals surface area contributed by atoms with E-state index in [2.05, 4.69) is 5.32 Å². The number of hydrogen-bond donors (Lipinski definition) is 1. The smallest absolute Gasteiger partial charge is 0.338 e. The summed E-state index contributed by atoms with van der Waals surface area (Å²) in [7, 11) is 0. The number of benzene rings is 2. The van der Waals surface area contributed by atoms with E-state index in [1.54, 1.807) is 38.1 Å². The molecule has 1 unspecified atom stereocenters. The number of nitrogens with one attached hydrogen (secondary N) is 1. The molecule has 1 N–H and O–H groups in total. The van der Waals surface area contributed by atoms with Crippen LogP contribution in [0.1, 0.15) is 25.5 Å². The molecule has 2 amide bonds. The lowest BCUT2D eigenvalue weighted by atomic mass is 9.94. The van der Waals surface area contributed by atoms with Crippen molar-refractivity contribution >= 4 is 23.6 Å². The van der Waals surface area contributed by atoms with Gasteiger partial charge in [0.05, 0.1) is 23.9 Å². The topological polar surface area (TPSA) is 67.9 Å². The van der Waals surface area contributed by atoms with Gasteiger partial charge in [0.2, 0.25) is 0 Å². The second-order valence-electron chi connectivity index (χ2n) is 6.63. The Kier molecular flexibility index (Phi) is 7.12. The van der Waals surface area contributed by atoms with Gasteiger partial charge in [-0.3, -0.25) is 4.90 Å². The summed E-state index contributed by atoms with van der Waals surface area (Å²) in [6, 6.07) is 8.30. The van der Waals surface area contributed by atoms with Crippen LogP contribution in [0.15, 0.2) is 53.7 Å². The van der Waals surface area contributed by atoms with Crippen LogP contribution < -0.4 is 10.1 Å². The van der Waals surface area contributed by atoms with Crippen molar-refractivity contribution < 1.29 is 27.8 Å². The van der Waals surface area contributed by atoms with E-state index in [0.717, 1.165) is 12.1 Å². The first-order chi connectivity index (χ1) is 14.8. The molecule has 3 rings (SSSR count). The van der Waals surface area contributed by atoms with Crippen molar-refractivity contribution in [2.24, 2.45) is 0 Å². The summed E-state index contributed by atoms with van der Waals surface area (Å²) in [5.41, 5.74) is 0.941. The Morgan fingerprint density at radius 2 is 1.97 bits per heavy atom. The zero-order chi connectivity index (χ0) is 22.5. The van der Waals surface area contributed by atoms with Crippen LogP contribution in [0, 0.1) is 11.6 Å². The third-order valence-electron chi connectivity index (χ3n) is 4.69. The normalized spacial score (nSPS) is 16.2. The highest BCUT2D eigenvalue weighted by Gasteiger charge is 2.38. The predicted molar refractivity (Wildman–Crippen MR) is 111 cm³/mol. The number of halogens is 3. The van der Waals surface area contributed by atoms with Crippen molar-refractivity contribution in [2.45, 2.75) is 19.9 Å². The SMILES string of the molecule is CCOC(=O)C1=C(COc2ccc(F)cc2F)N(CC)C(=O)NC1c1cccc(Cl)c1. The number of ether oxygens (including phenoxy) is 2. The van der Waals surface area contributed by atoms with Crippen LogP contribution in [-0.4, -0.2) is 36.7 Å². The van der Waals surface area contributed by atoms with Gasteiger partial charge >= 0.3 is 12.0 Å². The molecule has 1 heterocycles. The lowest BCUT2D eigenvalue weighted by molar-refractivity contribution is -0.139. The minimum Gasteiger partial charge on any atom is -0.484 e. The molecule has 0 saturated carbocycles. The van der Waals surface area contributed by atoms with E-state index in [1.807, 2.05) is 0 Å². The van der Waals surface area contributed by atoms with Crippen molar-refractivity contribution in [3.05, 3.63) is 76.0 Å². The first-order valence-corrected chi connectivity index (χ1v) is 10.0. The van der Waals surface area contributed by atoms with E-state index < -0.39 is 29.7 Å². The van der Waals surface area contributed by atoms with Gasteiger partial charge in [-0.15, -0.1) is 0 Å². The molecule has 1 aliphatic rings. The molecule has 0 radical (unpaired) electrons. The monoisotopic (exact) mass is 450 g/mol. The summed E-state index contributed by atoms with van der Waals surface area (Å²) in [6.45, 7) is 3.42. The van der Waals surface area contributed by atoms with Gasteiger partial charge in [-0.05, 0) is 43.7 Å². The van der Waals surface area contributed by atoms with Gasteiger partial charge in [0, 0.05) is 17.6 Å². The predicted octanol–water partition coefficient (Wildman–Crippen LogP) is 4.60. The summed E-state index contributed by atoms with van der Waals surface area (Å²) in [4.78, 5) is 27.0. The van der Waals surface area contributed by atoms with E-state index in [4.69, 9.17) is 21.1 Å². The molecule has 0 spiro atoms. The average molecular weight is 451 g/mol. The summed E-state index contributed by atoms with van der Waals surface area (Å²) < 4.78 is 38.0. The van der Waals surface area contributed by atoms with Crippen molar-refractivity contribution in [3.8, 4) is 5.75 Å². The Hall–Kier alpha value is -3.13. The molecule has 0 fully saturated rings. The molecular weight excluding hydrogens is 430 g/mol. The van der Waals surface area contributed by atoms with Gasteiger partial charge in [0.1, 0.15) is 12.4 Å². The van der Waals surface area contributed by atoms with Gasteiger partial charge in [0.15, 0.2) is 11.6 Å². The summed E-state index contributed by atoms with van der Waals surface area (Å²) in [5, 5.41) is 3.22. The molecule has 2 aromatic rings. The number of rotatable bonds is 7. The molecule has 1 aliphatic heterocycles. The largest absolute Gasteiger partial charge is 0.484 e. The first kappa shape index (κ1) is 22.6. The fourth-order valence-corrected chi connectivity index (χ4v) is 3.52. The van der Waals surface area contributed by atoms with Gasteiger partial charge in [-0.25, -0.2) is 18.4 Å². The lowest BCUT2D eigenvalue weighted by Crippen LogP contribution is -2.49. The summed E-state index contributed by atoms with van der Waals surface area (Å²) in [5.74, 6) is -2.50.